The minimum absolute atomic E-state index is 0.172. The maximum atomic E-state index is 12.7. The van der Waals surface area contributed by atoms with Crippen LogP contribution in [0.4, 0.5) is 0 Å². The Bertz CT molecular complexity index is 816. The van der Waals surface area contributed by atoms with Gasteiger partial charge in [0.15, 0.2) is 6.61 Å². The predicted octanol–water partition coefficient (Wildman–Crippen LogP) is 2.81. The second kappa shape index (κ2) is 9.71. The van der Waals surface area contributed by atoms with Crippen LogP contribution in [0.15, 0.2) is 29.2 Å². The summed E-state index contributed by atoms with van der Waals surface area (Å²) in [4.78, 5) is 26.7. The van der Waals surface area contributed by atoms with Crippen LogP contribution in [-0.2, 0) is 19.6 Å². The van der Waals surface area contributed by atoms with E-state index in [2.05, 4.69) is 6.92 Å². The maximum Gasteiger partial charge on any atom is 0.338 e. The van der Waals surface area contributed by atoms with Crippen LogP contribution < -0.4 is 0 Å². The molecule has 2 fully saturated rings. The zero-order valence-corrected chi connectivity index (χ0v) is 17.8. The summed E-state index contributed by atoms with van der Waals surface area (Å²) in [5.74, 6) is -0.792. The Kier molecular flexibility index (Phi) is 7.29. The first-order valence-corrected chi connectivity index (χ1v) is 11.9. The molecule has 1 atom stereocenters. The number of esters is 1. The van der Waals surface area contributed by atoms with E-state index >= 15 is 0 Å². The number of hydrogen-bond donors (Lipinski definition) is 0. The molecule has 7 nitrogen and oxygen atoms in total. The Balaban J connectivity index is 1.58. The van der Waals surface area contributed by atoms with Gasteiger partial charge in [0.05, 0.1) is 10.5 Å². The Labute approximate surface area is 173 Å². The third-order valence-corrected chi connectivity index (χ3v) is 7.70. The van der Waals surface area contributed by atoms with Crippen molar-refractivity contribution in [1.82, 2.24) is 9.21 Å². The van der Waals surface area contributed by atoms with E-state index in [4.69, 9.17) is 4.74 Å². The number of ether oxygens (including phenoxy) is 1. The zero-order valence-electron chi connectivity index (χ0n) is 17.0. The van der Waals surface area contributed by atoms with Crippen LogP contribution in [0.1, 0.15) is 62.2 Å². The minimum atomic E-state index is -3.53. The van der Waals surface area contributed by atoms with E-state index in [1.807, 2.05) is 4.90 Å². The van der Waals surface area contributed by atoms with Crippen LogP contribution in [0.25, 0.3) is 0 Å². The molecule has 2 saturated heterocycles. The number of nitrogens with zero attached hydrogens (tertiary/aromatic N) is 2. The van der Waals surface area contributed by atoms with Crippen molar-refractivity contribution in [3.05, 3.63) is 29.8 Å². The van der Waals surface area contributed by atoms with Gasteiger partial charge in [0.1, 0.15) is 0 Å². The summed E-state index contributed by atoms with van der Waals surface area (Å²) < 4.78 is 32.0. The average molecular weight is 423 g/mol. The number of hydrogen-bond acceptors (Lipinski definition) is 5. The lowest BCUT2D eigenvalue weighted by atomic mass is 10.00. The molecule has 3 rings (SSSR count). The fourth-order valence-electron chi connectivity index (χ4n) is 4.06. The molecule has 160 valence electrons. The van der Waals surface area contributed by atoms with Gasteiger partial charge in [-0.05, 0) is 62.8 Å². The number of rotatable bonds is 6. The number of benzene rings is 1. The first kappa shape index (κ1) is 21.8. The fraction of sp³-hybridized carbons (Fsp3) is 0.619. The van der Waals surface area contributed by atoms with Crippen LogP contribution in [0.2, 0.25) is 0 Å². The van der Waals surface area contributed by atoms with Gasteiger partial charge >= 0.3 is 5.97 Å². The molecule has 1 amide bonds. The van der Waals surface area contributed by atoms with Gasteiger partial charge in [0.25, 0.3) is 5.91 Å². The van der Waals surface area contributed by atoms with E-state index in [1.54, 1.807) is 0 Å². The topological polar surface area (TPSA) is 84.0 Å². The van der Waals surface area contributed by atoms with Crippen molar-refractivity contribution >= 4 is 21.9 Å². The summed E-state index contributed by atoms with van der Waals surface area (Å²) >= 11 is 0. The summed E-state index contributed by atoms with van der Waals surface area (Å²) in [6, 6.07) is 5.97. The Morgan fingerprint density at radius 2 is 1.66 bits per heavy atom. The van der Waals surface area contributed by atoms with Crippen molar-refractivity contribution in [3.8, 4) is 0 Å². The molecule has 0 bridgehead atoms. The highest BCUT2D eigenvalue weighted by Crippen LogP contribution is 2.22. The van der Waals surface area contributed by atoms with E-state index in [0.29, 0.717) is 19.6 Å². The van der Waals surface area contributed by atoms with E-state index < -0.39 is 16.0 Å². The van der Waals surface area contributed by atoms with Crippen molar-refractivity contribution in [2.45, 2.75) is 62.8 Å². The van der Waals surface area contributed by atoms with E-state index in [9.17, 15) is 18.0 Å². The lowest BCUT2D eigenvalue weighted by Gasteiger charge is -2.35. The molecule has 1 aromatic rings. The standard InChI is InChI=1S/C21H30N2O5S/c1-2-18-8-4-7-15-23(18)20(24)16-28-21(25)17-9-11-19(12-10-17)29(26,27)22-13-5-3-6-14-22/h9-12,18H,2-8,13-16H2,1H3/t18-/m1/s1. The van der Waals surface area contributed by atoms with Gasteiger partial charge in [-0.1, -0.05) is 13.3 Å². The van der Waals surface area contributed by atoms with E-state index in [-0.39, 0.29) is 29.0 Å². The largest absolute Gasteiger partial charge is 0.452 e. The van der Waals surface area contributed by atoms with Crippen molar-refractivity contribution in [2.75, 3.05) is 26.2 Å². The van der Waals surface area contributed by atoms with Gasteiger partial charge in [-0.15, -0.1) is 0 Å². The van der Waals surface area contributed by atoms with Crippen LogP contribution >= 0.6 is 0 Å². The summed E-state index contributed by atoms with van der Waals surface area (Å²) in [6.07, 6.45) is 6.76. The second-order valence-corrected chi connectivity index (χ2v) is 9.65. The molecule has 8 heteroatoms. The van der Waals surface area contributed by atoms with Gasteiger partial charge in [-0.3, -0.25) is 4.79 Å². The van der Waals surface area contributed by atoms with Crippen LogP contribution in [-0.4, -0.2) is 61.8 Å². The average Bonchev–Trinajstić information content (AvgIpc) is 2.77. The SMILES string of the molecule is CC[C@@H]1CCCCN1C(=O)COC(=O)c1ccc(S(=O)(=O)N2CCCCC2)cc1. The molecule has 2 heterocycles. The number of sulfonamides is 1. The fourth-order valence-corrected chi connectivity index (χ4v) is 5.58. The Hall–Kier alpha value is -1.93. The molecule has 2 aliphatic heterocycles. The predicted molar refractivity (Wildman–Crippen MR) is 109 cm³/mol. The summed E-state index contributed by atoms with van der Waals surface area (Å²) in [7, 11) is -3.53. The normalized spacial score (nSPS) is 21.0. The third kappa shape index (κ3) is 5.17. The molecule has 0 aromatic heterocycles. The van der Waals surface area contributed by atoms with Crippen LogP contribution in [0.5, 0.6) is 0 Å². The van der Waals surface area contributed by atoms with Crippen molar-refractivity contribution in [2.24, 2.45) is 0 Å². The molecular weight excluding hydrogens is 392 g/mol. The highest BCUT2D eigenvalue weighted by atomic mass is 32.2. The van der Waals surface area contributed by atoms with Crippen molar-refractivity contribution in [3.63, 3.8) is 0 Å². The molecule has 0 unspecified atom stereocenters. The molecule has 0 spiro atoms. The van der Waals surface area contributed by atoms with Gasteiger partial charge in [0, 0.05) is 25.7 Å². The minimum Gasteiger partial charge on any atom is -0.452 e. The molecule has 2 aliphatic rings. The number of piperidine rings is 2. The zero-order chi connectivity index (χ0) is 20.9. The molecule has 0 radical (unpaired) electrons. The molecular formula is C21H30N2O5S. The lowest BCUT2D eigenvalue weighted by Crippen LogP contribution is -2.45. The Morgan fingerprint density at radius 3 is 2.31 bits per heavy atom. The highest BCUT2D eigenvalue weighted by Gasteiger charge is 2.27. The smallest absolute Gasteiger partial charge is 0.338 e. The van der Waals surface area contributed by atoms with Crippen molar-refractivity contribution in [1.29, 1.82) is 0 Å². The number of likely N-dealkylation sites (tertiary alicyclic amines) is 1. The second-order valence-electron chi connectivity index (χ2n) is 7.71. The van der Waals surface area contributed by atoms with Crippen LogP contribution in [0, 0.1) is 0 Å². The van der Waals surface area contributed by atoms with Crippen LogP contribution in [0.3, 0.4) is 0 Å². The van der Waals surface area contributed by atoms with Gasteiger partial charge < -0.3 is 9.64 Å². The van der Waals surface area contributed by atoms with Gasteiger partial charge in [-0.25, -0.2) is 13.2 Å². The number of carbonyl (C=O) groups excluding carboxylic acids is 2. The number of carbonyl (C=O) groups is 2. The van der Waals surface area contributed by atoms with E-state index in [1.165, 1.54) is 28.6 Å². The maximum absolute atomic E-state index is 12.7. The lowest BCUT2D eigenvalue weighted by molar-refractivity contribution is -0.138. The molecule has 0 saturated carbocycles. The first-order valence-electron chi connectivity index (χ1n) is 10.5. The van der Waals surface area contributed by atoms with Gasteiger partial charge in [0.2, 0.25) is 10.0 Å². The Morgan fingerprint density at radius 1 is 1.00 bits per heavy atom. The summed E-state index contributed by atoms with van der Waals surface area (Å²) in [5.41, 5.74) is 0.237. The van der Waals surface area contributed by atoms with Gasteiger partial charge in [-0.2, -0.15) is 4.31 Å². The summed E-state index contributed by atoms with van der Waals surface area (Å²) in [5, 5.41) is 0. The molecule has 29 heavy (non-hydrogen) atoms. The quantitative estimate of drug-likeness (QED) is 0.658. The number of amides is 1. The first-order chi connectivity index (χ1) is 13.9. The van der Waals surface area contributed by atoms with Crippen molar-refractivity contribution < 1.29 is 22.7 Å². The molecule has 1 aromatic carbocycles. The highest BCUT2D eigenvalue weighted by molar-refractivity contribution is 7.89. The summed E-state index contributed by atoms with van der Waals surface area (Å²) in [6.45, 7) is 3.54. The monoisotopic (exact) mass is 422 g/mol. The molecule has 0 aliphatic carbocycles. The third-order valence-electron chi connectivity index (χ3n) is 5.79. The molecule has 0 N–H and O–H groups in total. The van der Waals surface area contributed by atoms with E-state index in [0.717, 1.165) is 44.9 Å².